The lowest BCUT2D eigenvalue weighted by molar-refractivity contribution is 0.00182. The van der Waals surface area contributed by atoms with Crippen molar-refractivity contribution in [1.29, 1.82) is 0 Å². The predicted molar refractivity (Wildman–Crippen MR) is 87.8 cm³/mol. The van der Waals surface area contributed by atoms with Crippen LogP contribution in [-0.2, 0) is 0 Å². The minimum atomic E-state index is 0.784. The zero-order valence-corrected chi connectivity index (χ0v) is 13.0. The highest BCUT2D eigenvalue weighted by Gasteiger charge is 2.38. The van der Waals surface area contributed by atoms with E-state index in [-0.39, 0.29) is 0 Å². The second-order valence-electron chi connectivity index (χ2n) is 6.93. The molecule has 0 aliphatic carbocycles. The third-order valence-electron chi connectivity index (χ3n) is 5.60. The van der Waals surface area contributed by atoms with E-state index in [1.165, 1.54) is 70.6 Å². The molecule has 3 fully saturated rings. The topological polar surface area (TPSA) is 9.72 Å². The average molecular weight is 285 g/mol. The van der Waals surface area contributed by atoms with Crippen molar-refractivity contribution in [3.05, 3.63) is 30.3 Å². The molecule has 3 aliphatic rings. The molecule has 1 aromatic carbocycles. The van der Waals surface area contributed by atoms with E-state index in [0.717, 1.165) is 12.1 Å². The molecule has 0 saturated carbocycles. The van der Waals surface area contributed by atoms with Gasteiger partial charge in [-0.1, -0.05) is 24.6 Å². The van der Waals surface area contributed by atoms with Gasteiger partial charge in [-0.3, -0.25) is 9.80 Å². The number of likely N-dealkylation sites (tertiary alicyclic amines) is 2. The fourth-order valence-corrected chi connectivity index (χ4v) is 4.21. The van der Waals surface area contributed by atoms with E-state index in [2.05, 4.69) is 45.0 Å². The summed E-state index contributed by atoms with van der Waals surface area (Å²) in [5.41, 5.74) is 1.40. The van der Waals surface area contributed by atoms with Gasteiger partial charge in [0.1, 0.15) is 0 Å². The van der Waals surface area contributed by atoms with Crippen LogP contribution >= 0.6 is 0 Å². The van der Waals surface area contributed by atoms with Gasteiger partial charge in [0.05, 0.1) is 0 Å². The summed E-state index contributed by atoms with van der Waals surface area (Å²) in [5, 5.41) is 0. The highest BCUT2D eigenvalue weighted by atomic mass is 15.4. The van der Waals surface area contributed by atoms with E-state index in [1.807, 2.05) is 0 Å². The van der Waals surface area contributed by atoms with Gasteiger partial charge >= 0.3 is 0 Å². The molecule has 21 heavy (non-hydrogen) atoms. The summed E-state index contributed by atoms with van der Waals surface area (Å²) in [7, 11) is 0. The zero-order valence-electron chi connectivity index (χ0n) is 13.0. The summed E-state index contributed by atoms with van der Waals surface area (Å²) in [6, 6.07) is 12.5. The molecule has 3 nitrogen and oxygen atoms in total. The van der Waals surface area contributed by atoms with E-state index in [9.17, 15) is 0 Å². The summed E-state index contributed by atoms with van der Waals surface area (Å²) >= 11 is 0. The van der Waals surface area contributed by atoms with Crippen molar-refractivity contribution in [2.45, 2.75) is 37.8 Å². The Morgan fingerprint density at radius 1 is 0.714 bits per heavy atom. The van der Waals surface area contributed by atoms with Crippen LogP contribution in [0.5, 0.6) is 0 Å². The molecule has 0 spiro atoms. The fraction of sp³-hybridized carbons (Fsp3) is 0.667. The molecule has 0 N–H and O–H groups in total. The third-order valence-corrected chi connectivity index (χ3v) is 5.60. The van der Waals surface area contributed by atoms with E-state index < -0.39 is 0 Å². The van der Waals surface area contributed by atoms with Crippen molar-refractivity contribution in [2.24, 2.45) is 0 Å². The van der Waals surface area contributed by atoms with Gasteiger partial charge in [0.25, 0.3) is 0 Å². The Balaban J connectivity index is 1.28. The van der Waals surface area contributed by atoms with Crippen molar-refractivity contribution in [1.82, 2.24) is 9.80 Å². The smallest absolute Gasteiger partial charge is 0.0366 e. The first kappa shape index (κ1) is 13.6. The molecule has 114 valence electrons. The van der Waals surface area contributed by atoms with E-state index in [4.69, 9.17) is 0 Å². The maximum Gasteiger partial charge on any atom is 0.0366 e. The first-order valence-electron chi connectivity index (χ1n) is 8.68. The molecule has 0 amide bonds. The molecule has 1 aromatic rings. The number of para-hydroxylation sites is 1. The quantitative estimate of drug-likeness (QED) is 0.844. The van der Waals surface area contributed by atoms with Gasteiger partial charge in [0.15, 0.2) is 0 Å². The number of hydrogen-bond acceptors (Lipinski definition) is 3. The second-order valence-corrected chi connectivity index (χ2v) is 6.93. The molecule has 0 radical (unpaired) electrons. The lowest BCUT2D eigenvalue weighted by Gasteiger charge is -2.49. The van der Waals surface area contributed by atoms with Crippen LogP contribution in [0.4, 0.5) is 5.69 Å². The Morgan fingerprint density at radius 3 is 2.24 bits per heavy atom. The molecule has 0 aromatic heterocycles. The standard InChI is InChI=1S/C18H27N3/c1-3-7-16(8-4-1)20-12-9-17(13-20)21-14-18(15-21)19-10-5-2-6-11-19/h1,3-4,7-8,17-18H,2,5-6,9-15H2. The predicted octanol–water partition coefficient (Wildman–Crippen LogP) is 2.44. The second kappa shape index (κ2) is 5.98. The van der Waals surface area contributed by atoms with Crippen molar-refractivity contribution >= 4 is 5.69 Å². The largest absolute Gasteiger partial charge is 0.370 e. The molecule has 1 atom stereocenters. The van der Waals surface area contributed by atoms with Gasteiger partial charge in [-0.25, -0.2) is 0 Å². The van der Waals surface area contributed by atoms with Crippen molar-refractivity contribution in [2.75, 3.05) is 44.2 Å². The van der Waals surface area contributed by atoms with Gasteiger partial charge in [-0.05, 0) is 44.5 Å². The number of nitrogens with zero attached hydrogens (tertiary/aromatic N) is 3. The molecular formula is C18H27N3. The first-order chi connectivity index (χ1) is 10.4. The highest BCUT2D eigenvalue weighted by Crippen LogP contribution is 2.28. The number of piperidine rings is 1. The van der Waals surface area contributed by atoms with Crippen molar-refractivity contribution in [3.63, 3.8) is 0 Å². The van der Waals surface area contributed by atoms with Gasteiger partial charge in [0.2, 0.25) is 0 Å². The minimum Gasteiger partial charge on any atom is -0.370 e. The van der Waals surface area contributed by atoms with E-state index in [0.29, 0.717) is 0 Å². The SMILES string of the molecule is c1ccc(N2CCC(N3CC(N4CCCCC4)C3)C2)cc1. The first-order valence-corrected chi connectivity index (χ1v) is 8.68. The van der Waals surface area contributed by atoms with Crippen molar-refractivity contribution < 1.29 is 0 Å². The van der Waals surface area contributed by atoms with Crippen LogP contribution in [0.3, 0.4) is 0 Å². The van der Waals surface area contributed by atoms with Gasteiger partial charge < -0.3 is 4.90 Å². The van der Waals surface area contributed by atoms with E-state index >= 15 is 0 Å². The molecule has 4 rings (SSSR count). The lowest BCUT2D eigenvalue weighted by Crippen LogP contribution is -2.63. The summed E-state index contributed by atoms with van der Waals surface area (Å²) in [6.07, 6.45) is 5.62. The summed E-state index contributed by atoms with van der Waals surface area (Å²) < 4.78 is 0. The molecule has 1 unspecified atom stereocenters. The molecule has 3 aliphatic heterocycles. The van der Waals surface area contributed by atoms with Crippen LogP contribution < -0.4 is 4.90 Å². The Morgan fingerprint density at radius 2 is 1.48 bits per heavy atom. The number of anilines is 1. The lowest BCUT2D eigenvalue weighted by atomic mass is 10.00. The Hall–Kier alpha value is -1.06. The van der Waals surface area contributed by atoms with Gasteiger partial charge in [-0.2, -0.15) is 0 Å². The highest BCUT2D eigenvalue weighted by molar-refractivity contribution is 5.47. The van der Waals surface area contributed by atoms with Crippen LogP contribution in [0.1, 0.15) is 25.7 Å². The van der Waals surface area contributed by atoms with Crippen LogP contribution in [0, 0.1) is 0 Å². The van der Waals surface area contributed by atoms with Crippen LogP contribution in [-0.4, -0.2) is 61.2 Å². The normalized spacial score (nSPS) is 28.8. The van der Waals surface area contributed by atoms with E-state index in [1.54, 1.807) is 0 Å². The monoisotopic (exact) mass is 285 g/mol. The zero-order chi connectivity index (χ0) is 14.1. The van der Waals surface area contributed by atoms with Crippen LogP contribution in [0.15, 0.2) is 30.3 Å². The molecule has 3 saturated heterocycles. The van der Waals surface area contributed by atoms with Crippen LogP contribution in [0.2, 0.25) is 0 Å². The Labute approximate surface area is 128 Å². The Bertz CT molecular complexity index is 449. The number of benzene rings is 1. The van der Waals surface area contributed by atoms with Gasteiger partial charge in [-0.15, -0.1) is 0 Å². The maximum absolute atomic E-state index is 2.74. The average Bonchev–Trinajstić information content (AvgIpc) is 2.97. The maximum atomic E-state index is 2.74. The fourth-order valence-electron chi connectivity index (χ4n) is 4.21. The summed E-state index contributed by atoms with van der Waals surface area (Å²) in [5.74, 6) is 0. The van der Waals surface area contributed by atoms with Crippen LogP contribution in [0.25, 0.3) is 0 Å². The Kier molecular flexibility index (Phi) is 3.87. The molecule has 0 bridgehead atoms. The molecular weight excluding hydrogens is 258 g/mol. The molecule has 3 heteroatoms. The van der Waals surface area contributed by atoms with Crippen molar-refractivity contribution in [3.8, 4) is 0 Å². The number of hydrogen-bond donors (Lipinski definition) is 0. The summed E-state index contributed by atoms with van der Waals surface area (Å²) in [6.45, 7) is 7.76. The minimum absolute atomic E-state index is 0.784. The number of rotatable bonds is 3. The summed E-state index contributed by atoms with van der Waals surface area (Å²) in [4.78, 5) is 8.02. The molecule has 3 heterocycles. The van der Waals surface area contributed by atoms with Gasteiger partial charge in [0, 0.05) is 44.0 Å². The third kappa shape index (κ3) is 2.82.